The molecule has 1 aliphatic heterocycles. The van der Waals surface area contributed by atoms with E-state index in [2.05, 4.69) is 15.6 Å². The highest BCUT2D eigenvalue weighted by molar-refractivity contribution is 7.90. The first kappa shape index (κ1) is 21.4. The molecule has 9 heteroatoms. The first-order valence-corrected chi connectivity index (χ1v) is 9.10. The number of carbonyl (C=O) groups is 1. The molecule has 2 N–H and O–H groups in total. The normalized spacial score (nSPS) is 16.0. The lowest BCUT2D eigenvalue weighted by molar-refractivity contribution is -0.118. The zero-order chi connectivity index (χ0) is 16.4. The highest BCUT2D eigenvalue weighted by Crippen LogP contribution is 2.17. The Morgan fingerprint density at radius 2 is 1.84 bits per heavy atom. The Labute approximate surface area is 159 Å². The number of fused-ring (bicyclic) bond motifs is 1. The second-order valence-electron chi connectivity index (χ2n) is 5.55. The lowest BCUT2D eigenvalue weighted by Gasteiger charge is -2.25. The fraction of sp³-hybridized carbons (Fsp3) is 0.250. The van der Waals surface area contributed by atoms with Crippen LogP contribution in [0.25, 0.3) is 0 Å². The molecule has 6 nitrogen and oxygen atoms in total. The number of amides is 1. The van der Waals surface area contributed by atoms with Crippen LogP contribution in [0, 0.1) is 0 Å². The van der Waals surface area contributed by atoms with Crippen LogP contribution in [-0.4, -0.2) is 31.6 Å². The SMILES string of the molecule is CS(=O)(=O)c1ccc(NC(=O)C2Cc3ccccc3CN2)cn1.Cl.Cl. The van der Waals surface area contributed by atoms with Crippen molar-refractivity contribution in [2.75, 3.05) is 11.6 Å². The van der Waals surface area contributed by atoms with Gasteiger partial charge in [-0.2, -0.15) is 0 Å². The van der Waals surface area contributed by atoms with Crippen LogP contribution >= 0.6 is 24.8 Å². The molecule has 1 aliphatic rings. The molecule has 1 unspecified atom stereocenters. The van der Waals surface area contributed by atoms with E-state index in [0.29, 0.717) is 18.7 Å². The van der Waals surface area contributed by atoms with E-state index in [9.17, 15) is 13.2 Å². The van der Waals surface area contributed by atoms with E-state index in [0.717, 1.165) is 11.8 Å². The fourth-order valence-corrected chi connectivity index (χ4v) is 3.10. The maximum Gasteiger partial charge on any atom is 0.241 e. The zero-order valence-corrected chi connectivity index (χ0v) is 15.9. The number of hydrogen-bond donors (Lipinski definition) is 2. The van der Waals surface area contributed by atoms with Crippen LogP contribution < -0.4 is 10.6 Å². The molecule has 0 saturated heterocycles. The Morgan fingerprint density at radius 3 is 2.44 bits per heavy atom. The summed E-state index contributed by atoms with van der Waals surface area (Å²) in [5, 5.41) is 5.95. The maximum atomic E-state index is 12.3. The summed E-state index contributed by atoms with van der Waals surface area (Å²) in [6.07, 6.45) is 3.07. The van der Waals surface area contributed by atoms with Gasteiger partial charge in [-0.25, -0.2) is 13.4 Å². The number of nitrogens with one attached hydrogen (secondary N) is 2. The van der Waals surface area contributed by atoms with Crippen molar-refractivity contribution in [2.45, 2.75) is 24.0 Å². The number of anilines is 1. The Hall–Kier alpha value is -1.67. The molecule has 25 heavy (non-hydrogen) atoms. The molecular weight excluding hydrogens is 385 g/mol. The van der Waals surface area contributed by atoms with Crippen LogP contribution in [0.3, 0.4) is 0 Å². The minimum absolute atomic E-state index is 0. The molecule has 0 fully saturated rings. The third-order valence-electron chi connectivity index (χ3n) is 3.78. The first-order chi connectivity index (χ1) is 10.9. The number of pyridine rings is 1. The Balaban J connectivity index is 0.00000156. The molecule has 0 spiro atoms. The van der Waals surface area contributed by atoms with Crippen LogP contribution in [0.15, 0.2) is 47.6 Å². The van der Waals surface area contributed by atoms with Crippen LogP contribution in [0.1, 0.15) is 11.1 Å². The average Bonchev–Trinajstić information content (AvgIpc) is 2.54. The van der Waals surface area contributed by atoms with E-state index in [4.69, 9.17) is 0 Å². The van der Waals surface area contributed by atoms with E-state index in [1.165, 1.54) is 23.9 Å². The predicted octanol–water partition coefficient (Wildman–Crippen LogP) is 1.98. The van der Waals surface area contributed by atoms with Crippen molar-refractivity contribution in [3.63, 3.8) is 0 Å². The van der Waals surface area contributed by atoms with Crippen molar-refractivity contribution in [1.82, 2.24) is 10.3 Å². The van der Waals surface area contributed by atoms with Crippen molar-refractivity contribution in [2.24, 2.45) is 0 Å². The zero-order valence-electron chi connectivity index (χ0n) is 13.4. The Kier molecular flexibility index (Phi) is 7.37. The number of halogens is 2. The summed E-state index contributed by atoms with van der Waals surface area (Å²) in [5.41, 5.74) is 2.84. The minimum atomic E-state index is -3.34. The summed E-state index contributed by atoms with van der Waals surface area (Å²) < 4.78 is 22.7. The highest BCUT2D eigenvalue weighted by atomic mass is 35.5. The van der Waals surface area contributed by atoms with Gasteiger partial charge in [0, 0.05) is 12.8 Å². The van der Waals surface area contributed by atoms with Gasteiger partial charge in [-0.3, -0.25) is 4.79 Å². The second kappa shape index (κ2) is 8.62. The van der Waals surface area contributed by atoms with Crippen molar-refractivity contribution in [1.29, 1.82) is 0 Å². The molecule has 136 valence electrons. The van der Waals surface area contributed by atoms with Crippen LogP contribution in [0.4, 0.5) is 5.69 Å². The van der Waals surface area contributed by atoms with Gasteiger partial charge >= 0.3 is 0 Å². The van der Waals surface area contributed by atoms with Gasteiger partial charge in [0.1, 0.15) is 0 Å². The summed E-state index contributed by atoms with van der Waals surface area (Å²) >= 11 is 0. The predicted molar refractivity (Wildman–Crippen MR) is 101 cm³/mol. The van der Waals surface area contributed by atoms with E-state index >= 15 is 0 Å². The van der Waals surface area contributed by atoms with Gasteiger partial charge in [0.05, 0.1) is 17.9 Å². The topological polar surface area (TPSA) is 88.2 Å². The fourth-order valence-electron chi connectivity index (χ4n) is 2.54. The van der Waals surface area contributed by atoms with Gasteiger partial charge in [0.25, 0.3) is 0 Å². The number of hydrogen-bond acceptors (Lipinski definition) is 5. The Bertz CT molecular complexity index is 842. The summed E-state index contributed by atoms with van der Waals surface area (Å²) in [6.45, 7) is 0.652. The Morgan fingerprint density at radius 1 is 1.16 bits per heavy atom. The molecule has 1 atom stereocenters. The molecular formula is C16H19Cl2N3O3S. The van der Waals surface area contributed by atoms with E-state index < -0.39 is 9.84 Å². The maximum absolute atomic E-state index is 12.3. The van der Waals surface area contributed by atoms with Crippen LogP contribution in [-0.2, 0) is 27.6 Å². The van der Waals surface area contributed by atoms with Crippen molar-refractivity contribution in [3.05, 3.63) is 53.7 Å². The van der Waals surface area contributed by atoms with E-state index in [1.807, 2.05) is 24.3 Å². The van der Waals surface area contributed by atoms with E-state index in [1.54, 1.807) is 0 Å². The van der Waals surface area contributed by atoms with Gasteiger partial charge in [-0.05, 0) is 29.7 Å². The number of aromatic nitrogens is 1. The van der Waals surface area contributed by atoms with Crippen molar-refractivity contribution in [3.8, 4) is 0 Å². The molecule has 0 saturated carbocycles. The molecule has 1 aromatic heterocycles. The molecule has 3 rings (SSSR count). The lowest BCUT2D eigenvalue weighted by atomic mass is 9.95. The summed E-state index contributed by atoms with van der Waals surface area (Å²) in [6, 6.07) is 10.6. The second-order valence-corrected chi connectivity index (χ2v) is 7.52. The minimum Gasteiger partial charge on any atom is -0.323 e. The number of rotatable bonds is 3. The molecule has 2 heterocycles. The van der Waals surface area contributed by atoms with E-state index in [-0.39, 0.29) is 41.8 Å². The quantitative estimate of drug-likeness (QED) is 0.817. The molecule has 1 amide bonds. The lowest BCUT2D eigenvalue weighted by Crippen LogP contribution is -2.44. The van der Waals surface area contributed by atoms with Gasteiger partial charge in [-0.15, -0.1) is 24.8 Å². The third kappa shape index (κ3) is 5.15. The molecule has 2 aromatic rings. The number of carbonyl (C=O) groups excluding carboxylic acids is 1. The van der Waals surface area contributed by atoms with Crippen LogP contribution in [0.2, 0.25) is 0 Å². The largest absolute Gasteiger partial charge is 0.323 e. The molecule has 0 radical (unpaired) electrons. The first-order valence-electron chi connectivity index (χ1n) is 7.20. The third-order valence-corrected chi connectivity index (χ3v) is 4.78. The molecule has 0 bridgehead atoms. The monoisotopic (exact) mass is 403 g/mol. The number of sulfone groups is 1. The number of benzene rings is 1. The summed E-state index contributed by atoms with van der Waals surface area (Å²) in [5.74, 6) is -0.159. The van der Waals surface area contributed by atoms with Gasteiger partial charge in [0.2, 0.25) is 5.91 Å². The van der Waals surface area contributed by atoms with Gasteiger partial charge in [-0.1, -0.05) is 24.3 Å². The molecule has 0 aliphatic carbocycles. The average molecular weight is 404 g/mol. The smallest absolute Gasteiger partial charge is 0.241 e. The van der Waals surface area contributed by atoms with Gasteiger partial charge in [0.15, 0.2) is 14.9 Å². The van der Waals surface area contributed by atoms with Crippen LogP contribution in [0.5, 0.6) is 0 Å². The van der Waals surface area contributed by atoms with Crippen molar-refractivity contribution >= 4 is 46.2 Å². The number of nitrogens with zero attached hydrogens (tertiary/aromatic N) is 1. The summed E-state index contributed by atoms with van der Waals surface area (Å²) in [7, 11) is -3.34. The van der Waals surface area contributed by atoms with Gasteiger partial charge < -0.3 is 10.6 Å². The standard InChI is InChI=1S/C16H17N3O3S.2ClH/c1-23(21,22)15-7-6-13(10-18-15)19-16(20)14-8-11-4-2-3-5-12(11)9-17-14;;/h2-7,10,14,17H,8-9H2,1H3,(H,19,20);2*1H. The highest BCUT2D eigenvalue weighted by Gasteiger charge is 2.24. The molecule has 1 aromatic carbocycles. The van der Waals surface area contributed by atoms with Crippen molar-refractivity contribution < 1.29 is 13.2 Å². The summed E-state index contributed by atoms with van der Waals surface area (Å²) in [4.78, 5) is 16.2.